The van der Waals surface area contributed by atoms with Crippen molar-refractivity contribution in [2.24, 2.45) is 0 Å². The molecule has 1 unspecified atom stereocenters. The van der Waals surface area contributed by atoms with Gasteiger partial charge in [0.1, 0.15) is 5.82 Å². The molecule has 1 saturated heterocycles. The average molecular weight is 296 g/mol. The topological polar surface area (TPSA) is 59.6 Å². The van der Waals surface area contributed by atoms with E-state index < -0.39 is 0 Å². The maximum atomic E-state index is 13.0. The summed E-state index contributed by atoms with van der Waals surface area (Å²) in [6, 6.07) is 5.84. The molecular formula is C15H21FN2O3. The third-order valence-corrected chi connectivity index (χ3v) is 3.20. The molecule has 2 rings (SSSR count). The van der Waals surface area contributed by atoms with Crippen molar-refractivity contribution >= 4 is 6.03 Å². The van der Waals surface area contributed by atoms with Gasteiger partial charge in [-0.2, -0.15) is 0 Å². The number of urea groups is 1. The quantitative estimate of drug-likeness (QED) is 0.755. The molecule has 1 aliphatic rings. The first-order valence-corrected chi connectivity index (χ1v) is 7.19. The van der Waals surface area contributed by atoms with Gasteiger partial charge in [0.15, 0.2) is 0 Å². The molecule has 0 radical (unpaired) electrons. The number of rotatable bonds is 7. The molecule has 1 fully saturated rings. The van der Waals surface area contributed by atoms with Crippen LogP contribution < -0.4 is 10.6 Å². The average Bonchev–Trinajstić information content (AvgIpc) is 2.98. The molecular weight excluding hydrogens is 275 g/mol. The highest BCUT2D eigenvalue weighted by Gasteiger charge is 2.14. The lowest BCUT2D eigenvalue weighted by Crippen LogP contribution is -2.37. The third-order valence-electron chi connectivity index (χ3n) is 3.20. The van der Waals surface area contributed by atoms with Crippen LogP contribution in [0.15, 0.2) is 24.3 Å². The van der Waals surface area contributed by atoms with Gasteiger partial charge in [0.05, 0.1) is 19.3 Å². The zero-order chi connectivity index (χ0) is 14.9. The van der Waals surface area contributed by atoms with Crippen molar-refractivity contribution in [3.63, 3.8) is 0 Å². The molecule has 0 spiro atoms. The molecule has 2 amide bonds. The summed E-state index contributed by atoms with van der Waals surface area (Å²) in [5, 5.41) is 5.34. The molecule has 0 aromatic heterocycles. The van der Waals surface area contributed by atoms with E-state index in [0.29, 0.717) is 26.3 Å². The highest BCUT2D eigenvalue weighted by atomic mass is 19.1. The van der Waals surface area contributed by atoms with Crippen LogP contribution >= 0.6 is 0 Å². The monoisotopic (exact) mass is 296 g/mol. The number of benzene rings is 1. The van der Waals surface area contributed by atoms with E-state index in [1.165, 1.54) is 12.1 Å². The van der Waals surface area contributed by atoms with E-state index in [9.17, 15) is 9.18 Å². The number of ether oxygens (including phenoxy) is 2. The van der Waals surface area contributed by atoms with Crippen LogP contribution in [-0.2, 0) is 16.0 Å². The van der Waals surface area contributed by atoms with Crippen molar-refractivity contribution in [2.75, 3.05) is 26.4 Å². The van der Waals surface area contributed by atoms with Crippen LogP contribution in [0.5, 0.6) is 0 Å². The number of halogens is 1. The second-order valence-corrected chi connectivity index (χ2v) is 4.95. The van der Waals surface area contributed by atoms with Gasteiger partial charge < -0.3 is 20.1 Å². The zero-order valence-electron chi connectivity index (χ0n) is 11.9. The van der Waals surface area contributed by atoms with Gasteiger partial charge >= 0.3 is 6.03 Å². The van der Waals surface area contributed by atoms with E-state index in [0.717, 1.165) is 25.0 Å². The molecule has 1 aromatic carbocycles. The van der Waals surface area contributed by atoms with Gasteiger partial charge in [0, 0.05) is 19.7 Å². The Kier molecular flexibility index (Phi) is 6.43. The van der Waals surface area contributed by atoms with Gasteiger partial charge in [0.2, 0.25) is 0 Å². The van der Waals surface area contributed by atoms with Crippen LogP contribution in [0.4, 0.5) is 9.18 Å². The van der Waals surface area contributed by atoms with Crippen molar-refractivity contribution in [2.45, 2.75) is 25.5 Å². The van der Waals surface area contributed by atoms with Crippen molar-refractivity contribution in [1.29, 1.82) is 0 Å². The Bertz CT molecular complexity index is 450. The number of hydrogen-bond donors (Lipinski definition) is 2. The second-order valence-electron chi connectivity index (χ2n) is 4.95. The smallest absolute Gasteiger partial charge is 0.315 e. The SMILES string of the molecule is O=C(NCCOCC1CCCO1)NCc1cccc(F)c1. The highest BCUT2D eigenvalue weighted by molar-refractivity contribution is 5.73. The Labute approximate surface area is 123 Å². The van der Waals surface area contributed by atoms with Gasteiger partial charge in [-0.1, -0.05) is 12.1 Å². The molecule has 1 heterocycles. The van der Waals surface area contributed by atoms with Crippen molar-refractivity contribution in [3.05, 3.63) is 35.6 Å². The van der Waals surface area contributed by atoms with Crippen LogP contribution in [0.2, 0.25) is 0 Å². The lowest BCUT2D eigenvalue weighted by Gasteiger charge is -2.11. The largest absolute Gasteiger partial charge is 0.377 e. The third kappa shape index (κ3) is 6.10. The van der Waals surface area contributed by atoms with Crippen LogP contribution in [-0.4, -0.2) is 38.5 Å². The highest BCUT2D eigenvalue weighted by Crippen LogP contribution is 2.11. The van der Waals surface area contributed by atoms with Gasteiger partial charge in [-0.25, -0.2) is 9.18 Å². The van der Waals surface area contributed by atoms with E-state index in [-0.39, 0.29) is 18.0 Å². The Balaban J connectivity index is 1.51. The number of carbonyl (C=O) groups excluding carboxylic acids is 1. The summed E-state index contributed by atoms with van der Waals surface area (Å²) in [5.41, 5.74) is 0.722. The number of amides is 2. The minimum absolute atomic E-state index is 0.201. The summed E-state index contributed by atoms with van der Waals surface area (Å²) in [6.45, 7) is 2.57. The molecule has 6 heteroatoms. The normalized spacial score (nSPS) is 17.7. The molecule has 0 aliphatic carbocycles. The Morgan fingerprint density at radius 1 is 1.43 bits per heavy atom. The summed E-state index contributed by atoms with van der Waals surface area (Å²) < 4.78 is 23.8. The molecule has 1 aliphatic heterocycles. The fourth-order valence-corrected chi connectivity index (χ4v) is 2.12. The Morgan fingerprint density at radius 2 is 2.33 bits per heavy atom. The minimum atomic E-state index is -0.308. The van der Waals surface area contributed by atoms with Gasteiger partial charge in [0.25, 0.3) is 0 Å². The summed E-state index contributed by atoms with van der Waals surface area (Å²) in [5.74, 6) is -0.308. The standard InChI is InChI=1S/C15H21FN2O3/c16-13-4-1-3-12(9-13)10-18-15(19)17-6-8-20-11-14-5-2-7-21-14/h1,3-4,9,14H,2,5-8,10-11H2,(H2,17,18,19). The van der Waals surface area contributed by atoms with Crippen LogP contribution in [0.1, 0.15) is 18.4 Å². The summed E-state index contributed by atoms with van der Waals surface area (Å²) in [7, 11) is 0. The molecule has 5 nitrogen and oxygen atoms in total. The lowest BCUT2D eigenvalue weighted by atomic mass is 10.2. The molecule has 2 N–H and O–H groups in total. The second kappa shape index (κ2) is 8.59. The van der Waals surface area contributed by atoms with Gasteiger partial charge in [-0.05, 0) is 30.5 Å². The van der Waals surface area contributed by atoms with Crippen molar-refractivity contribution in [3.8, 4) is 0 Å². The fourth-order valence-electron chi connectivity index (χ4n) is 2.12. The van der Waals surface area contributed by atoms with Gasteiger partial charge in [-0.3, -0.25) is 0 Å². The fraction of sp³-hybridized carbons (Fsp3) is 0.533. The Morgan fingerprint density at radius 3 is 3.10 bits per heavy atom. The van der Waals surface area contributed by atoms with E-state index in [1.807, 2.05) is 0 Å². The molecule has 1 aromatic rings. The number of nitrogens with one attached hydrogen (secondary N) is 2. The van der Waals surface area contributed by atoms with E-state index >= 15 is 0 Å². The number of hydrogen-bond acceptors (Lipinski definition) is 3. The van der Waals surface area contributed by atoms with Crippen molar-refractivity contribution in [1.82, 2.24) is 10.6 Å². The van der Waals surface area contributed by atoms with Crippen LogP contribution in [0.3, 0.4) is 0 Å². The summed E-state index contributed by atoms with van der Waals surface area (Å²) in [6.07, 6.45) is 2.34. The predicted octanol–water partition coefficient (Wildman–Crippen LogP) is 1.82. The first kappa shape index (κ1) is 15.7. The zero-order valence-corrected chi connectivity index (χ0v) is 11.9. The maximum absolute atomic E-state index is 13.0. The van der Waals surface area contributed by atoms with E-state index in [1.54, 1.807) is 12.1 Å². The first-order chi connectivity index (χ1) is 10.2. The first-order valence-electron chi connectivity index (χ1n) is 7.19. The van der Waals surface area contributed by atoms with Crippen LogP contribution in [0, 0.1) is 5.82 Å². The van der Waals surface area contributed by atoms with Crippen molar-refractivity contribution < 1.29 is 18.7 Å². The molecule has 0 saturated carbocycles. The van der Waals surface area contributed by atoms with Gasteiger partial charge in [-0.15, -0.1) is 0 Å². The molecule has 0 bridgehead atoms. The molecule has 1 atom stereocenters. The summed E-state index contributed by atoms with van der Waals surface area (Å²) in [4.78, 5) is 11.5. The number of carbonyl (C=O) groups is 1. The molecule has 116 valence electrons. The summed E-state index contributed by atoms with van der Waals surface area (Å²) >= 11 is 0. The van der Waals surface area contributed by atoms with E-state index in [4.69, 9.17) is 9.47 Å². The Hall–Kier alpha value is -1.66. The van der Waals surface area contributed by atoms with Crippen LogP contribution in [0.25, 0.3) is 0 Å². The maximum Gasteiger partial charge on any atom is 0.315 e. The minimum Gasteiger partial charge on any atom is -0.377 e. The molecule has 21 heavy (non-hydrogen) atoms. The predicted molar refractivity (Wildman–Crippen MR) is 76.4 cm³/mol. The van der Waals surface area contributed by atoms with E-state index in [2.05, 4.69) is 10.6 Å². The lowest BCUT2D eigenvalue weighted by molar-refractivity contribution is 0.0188.